The number of ketones is 1. The fraction of sp³-hybridized carbons (Fsp3) is 0.412. The zero-order valence-corrected chi connectivity index (χ0v) is 13.0. The predicted molar refractivity (Wildman–Crippen MR) is 82.8 cm³/mol. The van der Waals surface area contributed by atoms with Gasteiger partial charge in [0.1, 0.15) is 6.10 Å². The molecule has 0 spiro atoms. The first kappa shape index (κ1) is 14.4. The Bertz CT molecular complexity index is 811. The Morgan fingerprint density at radius 1 is 1.35 bits per heavy atom. The zero-order chi connectivity index (χ0) is 16.0. The van der Waals surface area contributed by atoms with Crippen LogP contribution in [-0.2, 0) is 14.3 Å². The molecule has 6 nitrogen and oxygen atoms in total. The second-order valence-corrected chi connectivity index (χ2v) is 6.18. The Labute approximate surface area is 133 Å². The van der Waals surface area contributed by atoms with Gasteiger partial charge in [0.05, 0.1) is 0 Å². The molecule has 1 N–H and O–H groups in total. The molecule has 120 valence electrons. The molecule has 0 bridgehead atoms. The van der Waals surface area contributed by atoms with Gasteiger partial charge in [-0.2, -0.15) is 0 Å². The lowest BCUT2D eigenvalue weighted by atomic mass is 10.2. The van der Waals surface area contributed by atoms with Crippen LogP contribution < -0.4 is 20.7 Å². The van der Waals surface area contributed by atoms with Crippen LogP contribution in [0.2, 0.25) is 0 Å². The molecule has 0 aromatic heterocycles. The van der Waals surface area contributed by atoms with Crippen LogP contribution in [0.1, 0.15) is 13.8 Å². The van der Waals surface area contributed by atoms with Gasteiger partial charge in [0.15, 0.2) is 17.7 Å². The lowest BCUT2D eigenvalue weighted by Crippen LogP contribution is -2.30. The smallest absolute Gasteiger partial charge is 0.403 e. The summed E-state index contributed by atoms with van der Waals surface area (Å²) in [5.41, 5.74) is 1.53. The molecule has 4 rings (SSSR count). The highest BCUT2D eigenvalue weighted by atomic mass is 16.8. The van der Waals surface area contributed by atoms with E-state index in [-0.39, 0.29) is 18.7 Å². The molecule has 2 atom stereocenters. The second-order valence-electron chi connectivity index (χ2n) is 6.18. The lowest BCUT2D eigenvalue weighted by Gasteiger charge is -2.18. The van der Waals surface area contributed by atoms with Crippen LogP contribution in [0.25, 0.3) is 6.08 Å². The summed E-state index contributed by atoms with van der Waals surface area (Å²) in [6.45, 7) is 4.47. The second kappa shape index (κ2) is 5.18. The van der Waals surface area contributed by atoms with E-state index >= 15 is 0 Å². The highest BCUT2D eigenvalue weighted by Crippen LogP contribution is 2.35. The van der Waals surface area contributed by atoms with Gasteiger partial charge in [-0.3, -0.25) is 4.79 Å². The van der Waals surface area contributed by atoms with E-state index in [1.807, 2.05) is 38.1 Å². The van der Waals surface area contributed by atoms with Crippen molar-refractivity contribution >= 4 is 11.9 Å². The molecule has 1 aromatic carbocycles. The summed E-state index contributed by atoms with van der Waals surface area (Å²) in [5, 5.41) is 4.27. The van der Waals surface area contributed by atoms with Crippen LogP contribution in [0.4, 0.5) is 0 Å². The molecule has 2 heterocycles. The van der Waals surface area contributed by atoms with Crippen LogP contribution in [0, 0.1) is 0 Å². The molecule has 1 aliphatic carbocycles. The molecule has 6 heteroatoms. The number of carbonyl (C=O) groups excluding carboxylic acids is 1. The SMILES string of the molecule is CC1(C)O[C@@H]2C(=O)C=C(NC/C=c3\ccc4c(c3)OC[O+]=4)[C@@H]2O1. The van der Waals surface area contributed by atoms with Gasteiger partial charge in [0.25, 0.3) is 0 Å². The van der Waals surface area contributed by atoms with E-state index in [0.29, 0.717) is 6.54 Å². The summed E-state index contributed by atoms with van der Waals surface area (Å²) < 4.78 is 22.1. The van der Waals surface area contributed by atoms with Gasteiger partial charge in [0.2, 0.25) is 5.75 Å². The third kappa shape index (κ3) is 2.64. The summed E-state index contributed by atoms with van der Waals surface area (Å²) in [4.78, 5) is 12.0. The topological polar surface area (TPSA) is 68.1 Å². The normalized spacial score (nSPS) is 28.0. The van der Waals surface area contributed by atoms with Gasteiger partial charge in [-0.15, -0.1) is 0 Å². The van der Waals surface area contributed by atoms with Crippen molar-refractivity contribution in [3.63, 3.8) is 0 Å². The Balaban J connectivity index is 1.46. The van der Waals surface area contributed by atoms with Crippen molar-refractivity contribution in [2.24, 2.45) is 0 Å². The maximum atomic E-state index is 12.0. The largest absolute Gasteiger partial charge is 0.412 e. The number of hydrogen-bond acceptors (Lipinski definition) is 5. The van der Waals surface area contributed by atoms with E-state index in [1.54, 1.807) is 6.08 Å². The van der Waals surface area contributed by atoms with Crippen molar-refractivity contribution in [1.29, 1.82) is 0 Å². The number of benzene rings is 1. The Morgan fingerprint density at radius 2 is 2.17 bits per heavy atom. The quantitative estimate of drug-likeness (QED) is 0.796. The molecular formula is C17H18NO5+. The fourth-order valence-corrected chi connectivity index (χ4v) is 2.99. The Hall–Kier alpha value is -2.18. The maximum Gasteiger partial charge on any atom is 0.412 e. The van der Waals surface area contributed by atoms with Crippen molar-refractivity contribution in [1.82, 2.24) is 5.32 Å². The minimum atomic E-state index is -0.729. The van der Waals surface area contributed by atoms with Crippen molar-refractivity contribution in [3.05, 3.63) is 45.0 Å². The van der Waals surface area contributed by atoms with Crippen molar-refractivity contribution in [2.45, 2.75) is 31.8 Å². The van der Waals surface area contributed by atoms with E-state index in [9.17, 15) is 4.79 Å². The first-order valence-electron chi connectivity index (χ1n) is 7.60. The third-order valence-corrected chi connectivity index (χ3v) is 4.02. The highest BCUT2D eigenvalue weighted by Gasteiger charge is 2.49. The molecular weight excluding hydrogens is 298 g/mol. The molecule has 1 fully saturated rings. The van der Waals surface area contributed by atoms with E-state index < -0.39 is 11.9 Å². The average molecular weight is 316 g/mol. The van der Waals surface area contributed by atoms with Gasteiger partial charge < -0.3 is 19.5 Å². The highest BCUT2D eigenvalue weighted by molar-refractivity contribution is 5.98. The van der Waals surface area contributed by atoms with E-state index in [1.165, 1.54) is 0 Å². The first-order chi connectivity index (χ1) is 11.0. The minimum absolute atomic E-state index is 0.0499. The summed E-state index contributed by atoms with van der Waals surface area (Å²) in [6.07, 6.45) is 2.71. The van der Waals surface area contributed by atoms with Crippen LogP contribution in [0.3, 0.4) is 0 Å². The molecule has 2 aliphatic heterocycles. The summed E-state index contributed by atoms with van der Waals surface area (Å²) in [7, 11) is 0. The number of carbonyl (C=O) groups is 1. The monoisotopic (exact) mass is 316 g/mol. The van der Waals surface area contributed by atoms with Gasteiger partial charge >= 0.3 is 12.2 Å². The van der Waals surface area contributed by atoms with Crippen molar-refractivity contribution < 1.29 is 19.0 Å². The van der Waals surface area contributed by atoms with E-state index in [4.69, 9.17) is 18.6 Å². The lowest BCUT2D eigenvalue weighted by molar-refractivity contribution is -0.153. The van der Waals surface area contributed by atoms with Crippen molar-refractivity contribution in [2.75, 3.05) is 13.3 Å². The number of rotatable bonds is 3. The molecule has 1 aromatic rings. The van der Waals surface area contributed by atoms with Crippen molar-refractivity contribution in [3.8, 4) is 5.75 Å². The average Bonchev–Trinajstić information content (AvgIpc) is 3.15. The Morgan fingerprint density at radius 3 is 3.04 bits per heavy atom. The van der Waals surface area contributed by atoms with E-state index in [2.05, 4.69) is 5.32 Å². The summed E-state index contributed by atoms with van der Waals surface area (Å²) in [6, 6.07) is 5.78. The minimum Gasteiger partial charge on any atom is -0.403 e. The van der Waals surface area contributed by atoms with Gasteiger partial charge in [-0.05, 0) is 31.2 Å². The van der Waals surface area contributed by atoms with Crippen LogP contribution >= 0.6 is 0 Å². The summed E-state index contributed by atoms with van der Waals surface area (Å²) in [5.74, 6) is -0.0257. The van der Waals surface area contributed by atoms with Crippen LogP contribution in [-0.4, -0.2) is 37.1 Å². The first-order valence-corrected chi connectivity index (χ1v) is 7.60. The number of fused-ring (bicyclic) bond motifs is 2. The number of hydrogen-bond donors (Lipinski definition) is 1. The molecule has 23 heavy (non-hydrogen) atoms. The zero-order valence-electron chi connectivity index (χ0n) is 13.0. The van der Waals surface area contributed by atoms with E-state index in [0.717, 1.165) is 22.1 Å². The van der Waals surface area contributed by atoms with Crippen LogP contribution in [0.5, 0.6) is 5.75 Å². The third-order valence-electron chi connectivity index (χ3n) is 4.02. The van der Waals surface area contributed by atoms with Crippen LogP contribution in [0.15, 0.2) is 34.4 Å². The number of nitrogens with one attached hydrogen (secondary N) is 1. The summed E-state index contributed by atoms with van der Waals surface area (Å²) >= 11 is 0. The molecule has 3 aliphatic rings. The van der Waals surface area contributed by atoms with Gasteiger partial charge in [0, 0.05) is 24.4 Å². The van der Waals surface area contributed by atoms with Gasteiger partial charge in [-0.25, -0.2) is 4.42 Å². The standard InChI is InChI=1S/C17H17NO5/c1-17(2)22-15-11(8-12(19)16(15)23-17)18-6-5-10-3-4-13-14(7-10)21-9-20-13/h3-5,7-8,15-16H,6,9H2,1-2H3/p+1/b10-5+/t15-,16+/m0/s1. The molecule has 0 amide bonds. The number of ether oxygens (including phenoxy) is 3. The molecule has 0 unspecified atom stereocenters. The van der Waals surface area contributed by atoms with Gasteiger partial charge in [-0.1, -0.05) is 6.08 Å². The Kier molecular flexibility index (Phi) is 3.25. The molecule has 0 saturated carbocycles. The molecule has 0 radical (unpaired) electrons. The predicted octanol–water partition coefficient (Wildman–Crippen LogP) is 0.00810. The molecule has 1 saturated heterocycles. The fourth-order valence-electron chi connectivity index (χ4n) is 2.99. The maximum absolute atomic E-state index is 12.0.